The Morgan fingerprint density at radius 2 is 1.65 bits per heavy atom. The molecule has 2 N–H and O–H groups in total. The van der Waals surface area contributed by atoms with Crippen LogP contribution in [0.15, 0.2) is 41.3 Å². The molecule has 3 atom stereocenters. The van der Waals surface area contributed by atoms with Crippen LogP contribution in [0.5, 0.6) is 0 Å². The van der Waals surface area contributed by atoms with Gasteiger partial charge in [-0.2, -0.15) is 13.2 Å². The van der Waals surface area contributed by atoms with Crippen molar-refractivity contribution in [3.63, 3.8) is 0 Å². The average molecular weight is 756 g/mol. The molecule has 12 heteroatoms. The van der Waals surface area contributed by atoms with Crippen LogP contribution in [-0.4, -0.2) is 52.0 Å². The molecule has 292 valence electrons. The minimum absolute atomic E-state index is 0.103. The molecular weight excluding hydrogens is 705 g/mol. The molecule has 7 nitrogen and oxygen atoms in total. The number of benzene rings is 2. The number of piperidine rings is 1. The summed E-state index contributed by atoms with van der Waals surface area (Å²) in [5.41, 5.74) is 6.12. The van der Waals surface area contributed by atoms with Gasteiger partial charge in [-0.1, -0.05) is 37.6 Å². The van der Waals surface area contributed by atoms with E-state index in [1.807, 2.05) is 51.7 Å². The van der Waals surface area contributed by atoms with Crippen molar-refractivity contribution in [3.05, 3.63) is 91.4 Å². The number of pyridine rings is 1. The van der Waals surface area contributed by atoms with Crippen molar-refractivity contribution in [2.24, 2.45) is 11.8 Å². The number of nitrogens with one attached hydrogen (secondary N) is 1. The van der Waals surface area contributed by atoms with Gasteiger partial charge in [-0.15, -0.1) is 0 Å². The molecule has 0 radical (unpaired) electrons. The first-order chi connectivity index (χ1) is 25.3. The van der Waals surface area contributed by atoms with E-state index in [9.17, 15) is 41.4 Å². The first kappa shape index (κ1) is 39.6. The quantitative estimate of drug-likeness (QED) is 0.181. The number of carbonyl (C=O) groups excluding carboxylic acids is 1. The summed E-state index contributed by atoms with van der Waals surface area (Å²) in [4.78, 5) is 42.0. The topological polar surface area (TPSA) is 91.6 Å². The number of rotatable bonds is 12. The summed E-state index contributed by atoms with van der Waals surface area (Å²) in [6.07, 6.45) is -0.996. The summed E-state index contributed by atoms with van der Waals surface area (Å²) in [6, 6.07) is 6.49. The van der Waals surface area contributed by atoms with Crippen molar-refractivity contribution in [2.75, 3.05) is 19.6 Å². The molecule has 1 aliphatic heterocycles. The number of fused-ring (bicyclic) bond motifs is 1. The van der Waals surface area contributed by atoms with E-state index >= 15 is 0 Å². The Hall–Kier alpha value is -4.06. The molecule has 1 saturated heterocycles. The van der Waals surface area contributed by atoms with Crippen molar-refractivity contribution >= 4 is 11.9 Å². The Morgan fingerprint density at radius 1 is 1.00 bits per heavy atom. The number of hydrogen-bond donors (Lipinski definition) is 2. The first-order valence-corrected chi connectivity index (χ1v) is 19.0. The molecule has 1 saturated carbocycles. The number of carboxylic acid groups (broad SMARTS) is 1. The van der Waals surface area contributed by atoms with Gasteiger partial charge in [-0.3, -0.25) is 14.4 Å². The van der Waals surface area contributed by atoms with Crippen LogP contribution in [0.25, 0.3) is 11.1 Å². The molecule has 2 heterocycles. The Balaban J connectivity index is 1.34. The molecule has 6 rings (SSSR count). The maximum absolute atomic E-state index is 14.5. The molecule has 0 bridgehead atoms. The Kier molecular flexibility index (Phi) is 11.2. The molecule has 2 fully saturated rings. The van der Waals surface area contributed by atoms with Gasteiger partial charge in [0.1, 0.15) is 6.04 Å². The van der Waals surface area contributed by atoms with Crippen molar-refractivity contribution < 1.29 is 36.6 Å². The van der Waals surface area contributed by atoms with E-state index < -0.39 is 65.4 Å². The number of nitrogens with zero attached hydrogens (tertiary/aromatic N) is 2. The number of carbonyl (C=O) groups is 2. The lowest BCUT2D eigenvalue weighted by atomic mass is 9.86. The minimum Gasteiger partial charge on any atom is -0.481 e. The highest BCUT2D eigenvalue weighted by atomic mass is 19.4. The van der Waals surface area contributed by atoms with Crippen molar-refractivity contribution in [1.82, 2.24) is 14.8 Å². The van der Waals surface area contributed by atoms with E-state index in [-0.39, 0.29) is 43.7 Å². The van der Waals surface area contributed by atoms with Crippen LogP contribution in [0.4, 0.5) is 22.0 Å². The first-order valence-electron chi connectivity index (χ1n) is 19.0. The molecule has 1 amide bonds. The molecule has 1 aromatic heterocycles. The highest BCUT2D eigenvalue weighted by Gasteiger charge is 2.57. The second-order valence-corrected chi connectivity index (χ2v) is 16.3. The third-order valence-electron chi connectivity index (χ3n) is 11.5. The lowest BCUT2D eigenvalue weighted by molar-refractivity contribution is -0.139. The lowest BCUT2D eigenvalue weighted by Crippen LogP contribution is -2.41. The highest BCUT2D eigenvalue weighted by Crippen LogP contribution is 2.49. The molecule has 2 aromatic carbocycles. The van der Waals surface area contributed by atoms with Crippen molar-refractivity contribution in [3.8, 4) is 11.1 Å². The number of alkyl halides is 5. The fourth-order valence-corrected chi connectivity index (χ4v) is 8.83. The summed E-state index contributed by atoms with van der Waals surface area (Å²) in [7, 11) is 0. The Labute approximate surface area is 312 Å². The Morgan fingerprint density at radius 3 is 2.22 bits per heavy atom. The predicted molar refractivity (Wildman–Crippen MR) is 197 cm³/mol. The number of carboxylic acids is 1. The van der Waals surface area contributed by atoms with E-state index in [0.29, 0.717) is 24.7 Å². The van der Waals surface area contributed by atoms with Crippen LogP contribution in [0.3, 0.4) is 0 Å². The van der Waals surface area contributed by atoms with Crippen molar-refractivity contribution in [2.45, 2.75) is 116 Å². The number of hydrogen-bond acceptors (Lipinski definition) is 4. The van der Waals surface area contributed by atoms with E-state index in [1.165, 1.54) is 5.56 Å². The fourth-order valence-electron chi connectivity index (χ4n) is 8.83. The summed E-state index contributed by atoms with van der Waals surface area (Å²) >= 11 is 0. The van der Waals surface area contributed by atoms with Crippen LogP contribution in [0.2, 0.25) is 0 Å². The monoisotopic (exact) mass is 755 g/mol. The van der Waals surface area contributed by atoms with E-state index in [4.69, 9.17) is 0 Å². The third-order valence-corrected chi connectivity index (χ3v) is 11.5. The van der Waals surface area contributed by atoms with Crippen molar-refractivity contribution in [1.29, 1.82) is 0 Å². The van der Waals surface area contributed by atoms with Gasteiger partial charge in [0.15, 0.2) is 0 Å². The van der Waals surface area contributed by atoms with Gasteiger partial charge in [0, 0.05) is 31.1 Å². The molecular formula is C42H50F5N3O4. The molecule has 3 aliphatic rings. The van der Waals surface area contributed by atoms with Gasteiger partial charge in [-0.05, 0) is 135 Å². The fraction of sp³-hybridized carbons (Fsp3) is 0.548. The predicted octanol–water partition coefficient (Wildman–Crippen LogP) is 8.70. The van der Waals surface area contributed by atoms with Crippen LogP contribution in [-0.2, 0) is 28.6 Å². The van der Waals surface area contributed by atoms with Gasteiger partial charge in [0.25, 0.3) is 11.5 Å². The standard InChI is InChI=1S/C42H50F5N3O4/c1-23(2)13-36(50-22-33(34(18-37(50)51)42(45,46)47)27-9-11-49(12-10-27)21-30-20-41(30,43)44)40(54)48-35(19-38(52)53)29-16-28-7-6-8-31(28)32(17-29)39-25(4)14-24(3)15-26(39)5/h14-18,22-23,27,30,35-36H,6-13,19-21H2,1-5H3,(H,48,54)(H,52,53). The zero-order chi connectivity index (χ0) is 39.3. The summed E-state index contributed by atoms with van der Waals surface area (Å²) < 4.78 is 71.6. The zero-order valence-electron chi connectivity index (χ0n) is 31.6. The van der Waals surface area contributed by atoms with Gasteiger partial charge in [-0.25, -0.2) is 8.78 Å². The van der Waals surface area contributed by atoms with Gasteiger partial charge >= 0.3 is 12.1 Å². The maximum Gasteiger partial charge on any atom is 0.416 e. The molecule has 0 spiro atoms. The normalized spacial score (nSPS) is 19.8. The number of amides is 1. The van der Waals surface area contributed by atoms with E-state index in [2.05, 4.69) is 17.4 Å². The summed E-state index contributed by atoms with van der Waals surface area (Å²) in [5.74, 6) is -5.98. The summed E-state index contributed by atoms with van der Waals surface area (Å²) in [6.45, 7) is 10.7. The molecule has 3 aromatic rings. The second-order valence-electron chi connectivity index (χ2n) is 16.3. The molecule has 3 unspecified atom stereocenters. The number of aromatic nitrogens is 1. The smallest absolute Gasteiger partial charge is 0.416 e. The van der Waals surface area contributed by atoms with E-state index in [1.54, 1.807) is 0 Å². The van der Waals surface area contributed by atoms with Crippen LogP contribution in [0.1, 0.15) is 115 Å². The van der Waals surface area contributed by atoms with Gasteiger partial charge in [0.05, 0.1) is 18.0 Å². The van der Waals surface area contributed by atoms with Gasteiger partial charge in [0.2, 0.25) is 5.91 Å². The number of halogens is 5. The number of aliphatic carboxylic acids is 1. The van der Waals surface area contributed by atoms with Crippen LogP contribution in [0, 0.1) is 32.6 Å². The molecule has 2 aliphatic carbocycles. The second kappa shape index (κ2) is 15.2. The van der Waals surface area contributed by atoms with E-state index in [0.717, 1.165) is 63.4 Å². The van der Waals surface area contributed by atoms with Gasteiger partial charge < -0.3 is 19.9 Å². The summed E-state index contributed by atoms with van der Waals surface area (Å²) in [5, 5.41) is 12.9. The molecule has 54 heavy (non-hydrogen) atoms. The van der Waals surface area contributed by atoms with Crippen LogP contribution >= 0.6 is 0 Å². The largest absolute Gasteiger partial charge is 0.481 e. The number of likely N-dealkylation sites (tertiary alicyclic amines) is 1. The highest BCUT2D eigenvalue weighted by molar-refractivity contribution is 5.82. The zero-order valence-corrected chi connectivity index (χ0v) is 31.6. The minimum atomic E-state index is -4.83. The maximum atomic E-state index is 14.5. The Bertz CT molecular complexity index is 1960. The van der Waals surface area contributed by atoms with Crippen LogP contribution < -0.4 is 10.9 Å². The lowest BCUT2D eigenvalue weighted by Gasteiger charge is -2.34. The number of aryl methyl sites for hydroxylation is 4. The average Bonchev–Trinajstić information content (AvgIpc) is 3.41. The third kappa shape index (κ3) is 8.58. The SMILES string of the molecule is Cc1cc(C)c(-c2cc(C(CC(=O)O)NC(=O)C(CC(C)C)n3cc(C4CCN(CC5CC5(F)F)CC4)c(C(F)(F)F)cc3=O)cc3c2CCC3)c(C)c1.